The predicted octanol–water partition coefficient (Wildman–Crippen LogP) is 5.33. The molecule has 4 aromatic rings. The van der Waals surface area contributed by atoms with Crippen LogP contribution in [0.15, 0.2) is 72.1 Å². The Morgan fingerprint density at radius 2 is 1.74 bits per heavy atom. The summed E-state index contributed by atoms with van der Waals surface area (Å²) in [5.74, 6) is 0.765. The minimum absolute atomic E-state index is 0.132. The number of halogens is 1. The molecule has 1 N–H and O–H groups in total. The van der Waals surface area contributed by atoms with Gasteiger partial charge in [0.1, 0.15) is 0 Å². The quantitative estimate of drug-likeness (QED) is 0.403. The van der Waals surface area contributed by atoms with Gasteiger partial charge >= 0.3 is 0 Å². The first kappa shape index (κ1) is 21.1. The van der Waals surface area contributed by atoms with E-state index in [1.165, 1.54) is 22.9 Å². The lowest BCUT2D eigenvalue weighted by molar-refractivity contribution is -0.113. The van der Waals surface area contributed by atoms with Gasteiger partial charge < -0.3 is 5.32 Å². The van der Waals surface area contributed by atoms with E-state index in [-0.39, 0.29) is 11.7 Å². The summed E-state index contributed by atoms with van der Waals surface area (Å²) in [5.41, 5.74) is 4.92. The number of nitrogens with zero attached hydrogens (tertiary/aromatic N) is 4. The van der Waals surface area contributed by atoms with Gasteiger partial charge in [-0.25, -0.2) is 0 Å². The van der Waals surface area contributed by atoms with E-state index in [2.05, 4.69) is 46.5 Å². The second kappa shape index (κ2) is 9.32. The van der Waals surface area contributed by atoms with Crippen molar-refractivity contribution in [2.45, 2.75) is 19.0 Å². The third-order valence-electron chi connectivity index (χ3n) is 4.78. The molecule has 0 radical (unpaired) electrons. The summed E-state index contributed by atoms with van der Waals surface area (Å²) in [4.78, 5) is 16.6. The number of hydrogen-bond acceptors (Lipinski definition) is 5. The third kappa shape index (κ3) is 4.95. The fraction of sp³-hybridized carbons (Fsp3) is 0.130. The Balaban J connectivity index is 1.61. The van der Waals surface area contributed by atoms with Crippen molar-refractivity contribution in [2.24, 2.45) is 0 Å². The highest BCUT2D eigenvalue weighted by atomic mass is 35.5. The summed E-state index contributed by atoms with van der Waals surface area (Å²) < 4.78 is 1.97. The van der Waals surface area contributed by atoms with Crippen molar-refractivity contribution in [1.82, 2.24) is 19.7 Å². The fourth-order valence-corrected chi connectivity index (χ4v) is 3.89. The predicted molar refractivity (Wildman–Crippen MR) is 125 cm³/mol. The van der Waals surface area contributed by atoms with Crippen LogP contribution in [-0.4, -0.2) is 31.4 Å². The highest BCUT2D eigenvalue weighted by Gasteiger charge is 2.18. The Morgan fingerprint density at radius 3 is 2.45 bits per heavy atom. The second-order valence-electron chi connectivity index (χ2n) is 6.99. The first-order chi connectivity index (χ1) is 15.0. The minimum atomic E-state index is -0.132. The molecule has 4 rings (SSSR count). The Hall–Kier alpha value is -3.16. The molecule has 0 saturated heterocycles. The molecular weight excluding hydrogens is 430 g/mol. The molecule has 2 aromatic carbocycles. The van der Waals surface area contributed by atoms with Crippen LogP contribution < -0.4 is 5.32 Å². The number of thioether (sulfide) groups is 1. The van der Waals surface area contributed by atoms with Gasteiger partial charge in [-0.05, 0) is 73.5 Å². The fourth-order valence-electron chi connectivity index (χ4n) is 3.01. The van der Waals surface area contributed by atoms with E-state index in [4.69, 9.17) is 11.6 Å². The van der Waals surface area contributed by atoms with Gasteiger partial charge in [-0.1, -0.05) is 29.4 Å². The Kier molecular flexibility index (Phi) is 6.34. The molecule has 0 aliphatic heterocycles. The summed E-state index contributed by atoms with van der Waals surface area (Å²) in [6.45, 7) is 4.15. The van der Waals surface area contributed by atoms with Crippen LogP contribution in [0, 0.1) is 13.8 Å². The number of benzene rings is 2. The molecule has 2 aromatic heterocycles. The first-order valence-corrected chi connectivity index (χ1v) is 11.0. The Morgan fingerprint density at radius 1 is 1.00 bits per heavy atom. The number of hydrogen-bond donors (Lipinski definition) is 1. The number of aryl methyl sites for hydroxylation is 2. The maximum Gasteiger partial charge on any atom is 0.234 e. The summed E-state index contributed by atoms with van der Waals surface area (Å²) in [6, 6.07) is 17.0. The molecule has 0 bridgehead atoms. The van der Waals surface area contributed by atoms with Crippen LogP contribution in [-0.2, 0) is 4.79 Å². The molecule has 0 spiro atoms. The van der Waals surface area contributed by atoms with Crippen molar-refractivity contribution >= 4 is 35.0 Å². The van der Waals surface area contributed by atoms with Crippen molar-refractivity contribution in [3.8, 4) is 17.1 Å². The van der Waals surface area contributed by atoms with Crippen LogP contribution in [0.3, 0.4) is 0 Å². The number of carbonyl (C=O) groups is 1. The molecule has 0 aliphatic carbocycles. The third-order valence-corrected chi connectivity index (χ3v) is 5.96. The van der Waals surface area contributed by atoms with E-state index in [1.807, 2.05) is 22.8 Å². The molecular formula is C23H20ClN5OS. The van der Waals surface area contributed by atoms with Crippen molar-refractivity contribution in [3.63, 3.8) is 0 Å². The molecule has 0 aliphatic rings. The number of pyridine rings is 1. The SMILES string of the molecule is Cc1ccc(-n2c(SCC(=O)Nc3ccc(Cl)cc3)nnc2-c2ccncc2)cc1C. The molecule has 156 valence electrons. The van der Waals surface area contributed by atoms with Crippen molar-refractivity contribution in [2.75, 3.05) is 11.1 Å². The van der Waals surface area contributed by atoms with Gasteiger partial charge in [0.15, 0.2) is 11.0 Å². The summed E-state index contributed by atoms with van der Waals surface area (Å²) in [5, 5.41) is 12.9. The van der Waals surface area contributed by atoms with Gasteiger partial charge in [-0.3, -0.25) is 14.3 Å². The van der Waals surface area contributed by atoms with E-state index in [0.29, 0.717) is 21.7 Å². The summed E-state index contributed by atoms with van der Waals surface area (Å²) >= 11 is 7.23. The van der Waals surface area contributed by atoms with Crippen molar-refractivity contribution in [3.05, 3.63) is 83.1 Å². The first-order valence-electron chi connectivity index (χ1n) is 9.63. The van der Waals surface area contributed by atoms with Gasteiger partial charge in [0.05, 0.1) is 11.4 Å². The Labute approximate surface area is 189 Å². The molecule has 1 amide bonds. The van der Waals surface area contributed by atoms with Crippen molar-refractivity contribution in [1.29, 1.82) is 0 Å². The van der Waals surface area contributed by atoms with E-state index in [9.17, 15) is 4.79 Å². The van der Waals surface area contributed by atoms with Gasteiger partial charge in [0.2, 0.25) is 5.91 Å². The van der Waals surface area contributed by atoms with E-state index < -0.39 is 0 Å². The average Bonchev–Trinajstić information content (AvgIpc) is 3.20. The number of rotatable bonds is 6. The zero-order valence-electron chi connectivity index (χ0n) is 17.0. The zero-order chi connectivity index (χ0) is 21.8. The standard InChI is InChI=1S/C23H20ClN5OS/c1-15-3-8-20(13-16(15)2)29-22(17-9-11-25-12-10-17)27-28-23(29)31-14-21(30)26-19-6-4-18(24)5-7-19/h3-13H,14H2,1-2H3,(H,26,30). The summed E-state index contributed by atoms with van der Waals surface area (Å²) in [6.07, 6.45) is 3.45. The minimum Gasteiger partial charge on any atom is -0.325 e. The molecule has 31 heavy (non-hydrogen) atoms. The molecule has 0 fully saturated rings. The maximum atomic E-state index is 12.5. The van der Waals surface area contributed by atoms with Crippen LogP contribution in [0.25, 0.3) is 17.1 Å². The molecule has 8 heteroatoms. The monoisotopic (exact) mass is 449 g/mol. The smallest absolute Gasteiger partial charge is 0.234 e. The molecule has 0 atom stereocenters. The van der Waals surface area contributed by atoms with Crippen LogP contribution in [0.1, 0.15) is 11.1 Å². The normalized spacial score (nSPS) is 10.8. The van der Waals surface area contributed by atoms with Gasteiger partial charge in [-0.2, -0.15) is 0 Å². The van der Waals surface area contributed by atoms with E-state index in [0.717, 1.165) is 11.3 Å². The largest absolute Gasteiger partial charge is 0.325 e. The number of carbonyl (C=O) groups excluding carboxylic acids is 1. The van der Waals surface area contributed by atoms with Gasteiger partial charge in [0, 0.05) is 28.7 Å². The topological polar surface area (TPSA) is 72.7 Å². The highest BCUT2D eigenvalue weighted by Crippen LogP contribution is 2.28. The highest BCUT2D eigenvalue weighted by molar-refractivity contribution is 7.99. The molecule has 2 heterocycles. The lowest BCUT2D eigenvalue weighted by Gasteiger charge is -2.12. The van der Waals surface area contributed by atoms with Crippen LogP contribution in [0.4, 0.5) is 5.69 Å². The number of amides is 1. The van der Waals surface area contributed by atoms with E-state index >= 15 is 0 Å². The van der Waals surface area contributed by atoms with Crippen molar-refractivity contribution < 1.29 is 4.79 Å². The second-order valence-corrected chi connectivity index (χ2v) is 8.37. The van der Waals surface area contributed by atoms with E-state index in [1.54, 1.807) is 36.7 Å². The maximum absolute atomic E-state index is 12.5. The lowest BCUT2D eigenvalue weighted by Crippen LogP contribution is -2.14. The Bertz CT molecular complexity index is 1210. The lowest BCUT2D eigenvalue weighted by atomic mass is 10.1. The number of aromatic nitrogens is 4. The molecule has 0 saturated carbocycles. The number of nitrogens with one attached hydrogen (secondary N) is 1. The molecule has 0 unspecified atom stereocenters. The number of anilines is 1. The van der Waals surface area contributed by atoms with Crippen LogP contribution in [0.5, 0.6) is 0 Å². The average molecular weight is 450 g/mol. The van der Waals surface area contributed by atoms with Crippen LogP contribution in [0.2, 0.25) is 5.02 Å². The molecule has 6 nitrogen and oxygen atoms in total. The van der Waals surface area contributed by atoms with Crippen LogP contribution >= 0.6 is 23.4 Å². The van der Waals surface area contributed by atoms with Gasteiger partial charge in [0.25, 0.3) is 0 Å². The van der Waals surface area contributed by atoms with Gasteiger partial charge in [-0.15, -0.1) is 10.2 Å². The zero-order valence-corrected chi connectivity index (χ0v) is 18.6. The summed E-state index contributed by atoms with van der Waals surface area (Å²) in [7, 11) is 0.